The molecule has 0 unspecified atom stereocenters. The van der Waals surface area contributed by atoms with E-state index < -0.39 is 11.8 Å². The summed E-state index contributed by atoms with van der Waals surface area (Å²) in [6, 6.07) is 10.00. The van der Waals surface area contributed by atoms with Crippen molar-refractivity contribution in [2.45, 2.75) is 31.3 Å². The van der Waals surface area contributed by atoms with Gasteiger partial charge in [0.05, 0.1) is 22.4 Å². The minimum Gasteiger partial charge on any atom is -0.355 e. The van der Waals surface area contributed by atoms with E-state index in [1.54, 1.807) is 36.2 Å². The van der Waals surface area contributed by atoms with Crippen LogP contribution in [-0.4, -0.2) is 40.1 Å². The molecule has 0 radical (unpaired) electrons. The Morgan fingerprint density at radius 1 is 1.18 bits per heavy atom. The number of carbonyl (C=O) groups is 2. The molecule has 1 saturated heterocycles. The van der Waals surface area contributed by atoms with Crippen LogP contribution in [0.15, 0.2) is 47.3 Å². The Hall–Kier alpha value is -3.72. The number of nitrogens with one attached hydrogen (secondary N) is 3. The second kappa shape index (κ2) is 8.57. The van der Waals surface area contributed by atoms with Crippen molar-refractivity contribution < 1.29 is 14.0 Å². The molecule has 0 aliphatic carbocycles. The normalized spacial score (nSPS) is 18.4. The third-order valence-corrected chi connectivity index (χ3v) is 6.73. The summed E-state index contributed by atoms with van der Waals surface area (Å²) < 4.78 is 15.0. The fourth-order valence-corrected chi connectivity index (χ4v) is 5.08. The van der Waals surface area contributed by atoms with E-state index in [1.807, 2.05) is 0 Å². The topological polar surface area (TPSA) is 107 Å². The maximum absolute atomic E-state index is 15.0. The van der Waals surface area contributed by atoms with Gasteiger partial charge in [-0.25, -0.2) is 14.3 Å². The van der Waals surface area contributed by atoms with E-state index in [9.17, 15) is 18.8 Å². The number of aromatic nitrogens is 2. The number of amides is 3. The molecular weight excluding hydrogens is 461 g/mol. The molecule has 2 aliphatic heterocycles. The number of rotatable bonds is 3. The van der Waals surface area contributed by atoms with Crippen molar-refractivity contribution in [1.82, 2.24) is 20.4 Å². The van der Waals surface area contributed by atoms with E-state index in [2.05, 4.69) is 20.8 Å². The third-order valence-electron chi connectivity index (χ3n) is 6.41. The number of carbonyl (C=O) groups excluding carboxylic acids is 2. The molecule has 174 valence electrons. The summed E-state index contributed by atoms with van der Waals surface area (Å²) in [5, 5.41) is 12.0. The number of nitrogens with zero attached hydrogens (tertiary/aromatic N) is 2. The molecule has 8 nitrogen and oxygen atoms in total. The number of halogens is 2. The van der Waals surface area contributed by atoms with Crippen LogP contribution in [0.5, 0.6) is 0 Å². The van der Waals surface area contributed by atoms with E-state index in [1.165, 1.54) is 18.2 Å². The number of fused-ring (bicyclic) bond motifs is 4. The van der Waals surface area contributed by atoms with Crippen LogP contribution in [0.4, 0.5) is 14.9 Å². The highest BCUT2D eigenvalue weighted by Crippen LogP contribution is 2.42. The number of H-pyrrole nitrogens is 1. The first-order valence-electron chi connectivity index (χ1n) is 10.8. The molecule has 3 heterocycles. The quantitative estimate of drug-likeness (QED) is 0.527. The van der Waals surface area contributed by atoms with Gasteiger partial charge in [0.15, 0.2) is 0 Å². The van der Waals surface area contributed by atoms with Gasteiger partial charge in [0.2, 0.25) is 0 Å². The van der Waals surface area contributed by atoms with E-state index in [0.717, 1.165) is 18.4 Å². The molecule has 2 aliphatic rings. The van der Waals surface area contributed by atoms with Crippen molar-refractivity contribution >= 4 is 29.2 Å². The monoisotopic (exact) mass is 481 g/mol. The maximum Gasteiger partial charge on any atom is 0.322 e. The molecule has 5 rings (SSSR count). The molecule has 10 heteroatoms. The zero-order valence-electron chi connectivity index (χ0n) is 18.2. The maximum atomic E-state index is 15.0. The van der Waals surface area contributed by atoms with Gasteiger partial charge in [0.1, 0.15) is 5.82 Å². The predicted molar refractivity (Wildman–Crippen MR) is 125 cm³/mol. The van der Waals surface area contributed by atoms with Crippen LogP contribution >= 0.6 is 11.6 Å². The third kappa shape index (κ3) is 3.81. The number of benzene rings is 2. The summed E-state index contributed by atoms with van der Waals surface area (Å²) >= 11 is 6.43. The lowest BCUT2D eigenvalue weighted by Gasteiger charge is -2.35. The molecule has 1 aromatic heterocycles. The minimum atomic E-state index is -0.629. The highest BCUT2D eigenvalue weighted by molar-refractivity contribution is 6.33. The van der Waals surface area contributed by atoms with E-state index in [0.29, 0.717) is 28.8 Å². The Morgan fingerprint density at radius 3 is 2.68 bits per heavy atom. The minimum absolute atomic E-state index is 0.0274. The molecule has 3 amide bonds. The van der Waals surface area contributed by atoms with Gasteiger partial charge in [-0.2, -0.15) is 5.10 Å². The first-order valence-corrected chi connectivity index (χ1v) is 11.2. The molecule has 2 atom stereocenters. The van der Waals surface area contributed by atoms with Gasteiger partial charge in [-0.1, -0.05) is 23.7 Å². The molecule has 3 N–H and O–H groups in total. The highest BCUT2D eigenvalue weighted by atomic mass is 35.5. The summed E-state index contributed by atoms with van der Waals surface area (Å²) in [5.74, 6) is -0.854. The zero-order chi connectivity index (χ0) is 24.0. The second-order valence-corrected chi connectivity index (χ2v) is 8.81. The standard InChI is InChI=1S/C24H21ClFN5O3/c1-27-23(33)13-4-2-12(3-5-13)16-10-18(26)19(11-17(16)25)28-24(34)31-15-6-7-20(31)22-14(8-15)9-21(32)29-30-22/h2-5,9-11,15,20H,6-8H2,1H3,(H,27,33)(H,28,34)(H,29,32)/t15-,20+/m0/s1. The molecular formula is C24H21ClFN5O3. The van der Waals surface area contributed by atoms with Gasteiger partial charge in [-0.05, 0) is 54.7 Å². The van der Waals surface area contributed by atoms with Crippen LogP contribution in [0, 0.1) is 5.82 Å². The number of urea groups is 1. The number of anilines is 1. The van der Waals surface area contributed by atoms with Crippen molar-refractivity contribution in [2.24, 2.45) is 0 Å². The van der Waals surface area contributed by atoms with Gasteiger partial charge >= 0.3 is 6.03 Å². The summed E-state index contributed by atoms with van der Waals surface area (Å²) in [5.41, 5.74) is 2.79. The summed E-state index contributed by atoms with van der Waals surface area (Å²) in [6.07, 6.45) is 2.03. The summed E-state index contributed by atoms with van der Waals surface area (Å²) in [7, 11) is 1.54. The lowest BCUT2D eigenvalue weighted by Crippen LogP contribution is -2.45. The van der Waals surface area contributed by atoms with Crippen LogP contribution in [0.1, 0.15) is 40.5 Å². The van der Waals surface area contributed by atoms with Gasteiger partial charge in [0, 0.05) is 30.3 Å². The zero-order valence-corrected chi connectivity index (χ0v) is 18.9. The van der Waals surface area contributed by atoms with Crippen LogP contribution < -0.4 is 16.2 Å². The molecule has 3 aromatic rings. The summed E-state index contributed by atoms with van der Waals surface area (Å²) in [4.78, 5) is 38.1. The Balaban J connectivity index is 1.38. The average Bonchev–Trinajstić information content (AvgIpc) is 3.15. The molecule has 0 saturated carbocycles. The predicted octanol–water partition coefficient (Wildman–Crippen LogP) is 3.88. The van der Waals surface area contributed by atoms with Crippen molar-refractivity contribution in [3.63, 3.8) is 0 Å². The Labute approximate surface area is 199 Å². The Bertz CT molecular complexity index is 1360. The molecule has 2 bridgehead atoms. The molecule has 2 aromatic carbocycles. The fraction of sp³-hybridized carbons (Fsp3) is 0.250. The number of hydrogen-bond donors (Lipinski definition) is 3. The Morgan fingerprint density at radius 2 is 1.94 bits per heavy atom. The molecule has 34 heavy (non-hydrogen) atoms. The van der Waals surface area contributed by atoms with E-state index >= 15 is 0 Å². The van der Waals surface area contributed by atoms with Crippen LogP contribution in [0.2, 0.25) is 5.02 Å². The second-order valence-electron chi connectivity index (χ2n) is 8.40. The van der Waals surface area contributed by atoms with E-state index in [-0.39, 0.29) is 34.3 Å². The Kier molecular flexibility index (Phi) is 5.57. The SMILES string of the molecule is CNC(=O)c1ccc(-c2cc(F)c(NC(=O)N3[C@H]4CC[C@@H]3c3n[nH]c(=O)cc3C4)cc2Cl)cc1. The van der Waals surface area contributed by atoms with Gasteiger partial charge in [0.25, 0.3) is 11.5 Å². The van der Waals surface area contributed by atoms with Crippen LogP contribution in [0.3, 0.4) is 0 Å². The first-order chi connectivity index (χ1) is 16.4. The fourth-order valence-electron chi connectivity index (χ4n) is 4.81. The van der Waals surface area contributed by atoms with Crippen LogP contribution in [0.25, 0.3) is 11.1 Å². The number of hydrogen-bond acceptors (Lipinski definition) is 4. The highest BCUT2D eigenvalue weighted by Gasteiger charge is 2.44. The van der Waals surface area contributed by atoms with Crippen LogP contribution in [-0.2, 0) is 6.42 Å². The van der Waals surface area contributed by atoms with Crippen molar-refractivity contribution in [3.05, 3.63) is 80.5 Å². The van der Waals surface area contributed by atoms with E-state index in [4.69, 9.17) is 11.6 Å². The molecule has 1 fully saturated rings. The largest absolute Gasteiger partial charge is 0.355 e. The first kappa shape index (κ1) is 22.1. The van der Waals surface area contributed by atoms with Crippen molar-refractivity contribution in [3.8, 4) is 11.1 Å². The molecule has 0 spiro atoms. The van der Waals surface area contributed by atoms with Gasteiger partial charge < -0.3 is 15.5 Å². The lowest BCUT2D eigenvalue weighted by molar-refractivity contribution is 0.0963. The lowest BCUT2D eigenvalue weighted by atomic mass is 9.99. The van der Waals surface area contributed by atoms with Crippen molar-refractivity contribution in [2.75, 3.05) is 12.4 Å². The smallest absolute Gasteiger partial charge is 0.322 e. The summed E-state index contributed by atoms with van der Waals surface area (Å²) in [6.45, 7) is 0. The van der Waals surface area contributed by atoms with Gasteiger partial charge in [-0.15, -0.1) is 0 Å². The average molecular weight is 482 g/mol. The van der Waals surface area contributed by atoms with Crippen molar-refractivity contribution in [1.29, 1.82) is 0 Å². The number of aromatic amines is 1. The van der Waals surface area contributed by atoms with Gasteiger partial charge in [-0.3, -0.25) is 9.59 Å².